The van der Waals surface area contributed by atoms with Crippen molar-refractivity contribution >= 4 is 11.6 Å². The molecule has 3 N–H and O–H groups in total. The lowest BCUT2D eigenvalue weighted by atomic mass is 9.99. The number of benzene rings is 1. The van der Waals surface area contributed by atoms with Crippen molar-refractivity contribution in [2.75, 3.05) is 18.4 Å². The number of nitrogens with one attached hydrogen (secondary N) is 1. The molecule has 1 aliphatic rings. The largest absolute Gasteiger partial charge is 0.328 e. The first-order valence-corrected chi connectivity index (χ1v) is 7.85. The Morgan fingerprint density at radius 3 is 2.62 bits per heavy atom. The summed E-state index contributed by atoms with van der Waals surface area (Å²) in [6.07, 6.45) is 1.94. The van der Waals surface area contributed by atoms with Crippen LogP contribution in [0.3, 0.4) is 0 Å². The van der Waals surface area contributed by atoms with Gasteiger partial charge in [0.05, 0.1) is 6.54 Å². The second kappa shape index (κ2) is 7.05. The van der Waals surface area contributed by atoms with Gasteiger partial charge in [-0.3, -0.25) is 9.69 Å². The Morgan fingerprint density at radius 2 is 2.05 bits per heavy atom. The van der Waals surface area contributed by atoms with E-state index in [1.165, 1.54) is 5.56 Å². The topological polar surface area (TPSA) is 58.4 Å². The number of carbonyl (C=O) groups is 1. The van der Waals surface area contributed by atoms with Crippen molar-refractivity contribution in [2.24, 2.45) is 5.73 Å². The molecular weight excluding hydrogens is 262 g/mol. The van der Waals surface area contributed by atoms with Crippen molar-refractivity contribution < 1.29 is 4.79 Å². The van der Waals surface area contributed by atoms with E-state index in [0.29, 0.717) is 18.5 Å². The minimum absolute atomic E-state index is 0.0506. The molecule has 1 fully saturated rings. The van der Waals surface area contributed by atoms with Crippen LogP contribution in [0.4, 0.5) is 5.69 Å². The van der Waals surface area contributed by atoms with E-state index in [0.717, 1.165) is 25.1 Å². The maximum atomic E-state index is 12.1. The average Bonchev–Trinajstić information content (AvgIpc) is 2.42. The second-order valence-corrected chi connectivity index (χ2v) is 6.43. The van der Waals surface area contributed by atoms with E-state index >= 15 is 0 Å². The van der Waals surface area contributed by atoms with Gasteiger partial charge in [0, 0.05) is 24.3 Å². The van der Waals surface area contributed by atoms with Crippen LogP contribution in [0.15, 0.2) is 24.3 Å². The fourth-order valence-corrected chi connectivity index (χ4v) is 2.83. The van der Waals surface area contributed by atoms with E-state index in [9.17, 15) is 4.79 Å². The number of rotatable bonds is 4. The molecule has 0 bridgehead atoms. The van der Waals surface area contributed by atoms with E-state index in [4.69, 9.17) is 5.73 Å². The van der Waals surface area contributed by atoms with Crippen molar-refractivity contribution in [3.05, 3.63) is 29.8 Å². The molecule has 1 saturated heterocycles. The first-order chi connectivity index (χ1) is 9.95. The van der Waals surface area contributed by atoms with Crippen LogP contribution in [0.25, 0.3) is 0 Å². The highest BCUT2D eigenvalue weighted by atomic mass is 16.2. The summed E-state index contributed by atoms with van der Waals surface area (Å²) in [7, 11) is 0. The Kier molecular flexibility index (Phi) is 5.37. The molecule has 0 aromatic heterocycles. The summed E-state index contributed by atoms with van der Waals surface area (Å²) in [6, 6.07) is 8.75. The van der Waals surface area contributed by atoms with E-state index < -0.39 is 0 Å². The van der Waals surface area contributed by atoms with Crippen molar-refractivity contribution in [1.82, 2.24) is 4.90 Å². The van der Waals surface area contributed by atoms with Gasteiger partial charge in [-0.05, 0) is 43.4 Å². The molecule has 116 valence electrons. The van der Waals surface area contributed by atoms with Gasteiger partial charge in [0.1, 0.15) is 0 Å². The molecule has 2 unspecified atom stereocenters. The third-order valence-corrected chi connectivity index (χ3v) is 4.26. The third-order valence-electron chi connectivity index (χ3n) is 4.26. The zero-order valence-electron chi connectivity index (χ0n) is 13.3. The zero-order valence-corrected chi connectivity index (χ0v) is 13.3. The molecule has 0 spiro atoms. The van der Waals surface area contributed by atoms with Crippen molar-refractivity contribution in [3.63, 3.8) is 0 Å². The summed E-state index contributed by atoms with van der Waals surface area (Å²) < 4.78 is 0. The Labute approximate surface area is 127 Å². The highest BCUT2D eigenvalue weighted by Gasteiger charge is 2.24. The van der Waals surface area contributed by atoms with Gasteiger partial charge in [0.2, 0.25) is 5.91 Å². The number of hydrogen-bond acceptors (Lipinski definition) is 3. The molecule has 1 aromatic rings. The maximum absolute atomic E-state index is 12.1. The van der Waals surface area contributed by atoms with Crippen LogP contribution >= 0.6 is 0 Å². The lowest BCUT2D eigenvalue weighted by Crippen LogP contribution is -2.48. The number of nitrogens with two attached hydrogens (primary N) is 1. The summed E-state index contributed by atoms with van der Waals surface area (Å²) in [5.41, 5.74) is 8.10. The second-order valence-electron chi connectivity index (χ2n) is 6.43. The predicted octanol–water partition coefficient (Wildman–Crippen LogP) is 2.56. The normalized spacial score (nSPS) is 23.3. The van der Waals surface area contributed by atoms with E-state index in [-0.39, 0.29) is 11.9 Å². The highest BCUT2D eigenvalue weighted by molar-refractivity contribution is 5.92. The number of anilines is 1. The molecule has 1 aromatic carbocycles. The van der Waals surface area contributed by atoms with Gasteiger partial charge < -0.3 is 11.1 Å². The smallest absolute Gasteiger partial charge is 0.238 e. The quantitative estimate of drug-likeness (QED) is 0.895. The van der Waals surface area contributed by atoms with Crippen LogP contribution in [0.1, 0.15) is 45.1 Å². The molecule has 0 saturated carbocycles. The Balaban J connectivity index is 1.86. The van der Waals surface area contributed by atoms with Crippen LogP contribution in [0.2, 0.25) is 0 Å². The van der Waals surface area contributed by atoms with E-state index in [1.54, 1.807) is 0 Å². The Bertz CT molecular complexity index is 469. The SMILES string of the molecule is CC(C)c1ccc(NC(=O)CN2CCC(N)CC2C)cc1. The molecule has 1 heterocycles. The summed E-state index contributed by atoms with van der Waals surface area (Å²) in [6.45, 7) is 7.82. The fourth-order valence-electron chi connectivity index (χ4n) is 2.83. The molecule has 1 aliphatic heterocycles. The molecule has 4 heteroatoms. The molecular formula is C17H27N3O. The van der Waals surface area contributed by atoms with Crippen molar-refractivity contribution in [1.29, 1.82) is 0 Å². The zero-order chi connectivity index (χ0) is 15.4. The molecule has 0 radical (unpaired) electrons. The molecule has 2 atom stereocenters. The number of hydrogen-bond donors (Lipinski definition) is 2. The van der Waals surface area contributed by atoms with Crippen LogP contribution in [-0.2, 0) is 4.79 Å². The molecule has 21 heavy (non-hydrogen) atoms. The monoisotopic (exact) mass is 289 g/mol. The van der Waals surface area contributed by atoms with Crippen LogP contribution in [-0.4, -0.2) is 36.0 Å². The molecule has 2 rings (SSSR count). The van der Waals surface area contributed by atoms with Gasteiger partial charge in [-0.1, -0.05) is 26.0 Å². The van der Waals surface area contributed by atoms with Gasteiger partial charge in [0.25, 0.3) is 0 Å². The van der Waals surface area contributed by atoms with Gasteiger partial charge >= 0.3 is 0 Å². The van der Waals surface area contributed by atoms with Crippen molar-refractivity contribution in [2.45, 2.75) is 51.6 Å². The first-order valence-electron chi connectivity index (χ1n) is 7.85. The van der Waals surface area contributed by atoms with Crippen LogP contribution in [0.5, 0.6) is 0 Å². The molecule has 4 nitrogen and oxygen atoms in total. The first kappa shape index (κ1) is 16.0. The fraction of sp³-hybridized carbons (Fsp3) is 0.588. The number of nitrogens with zero attached hydrogens (tertiary/aromatic N) is 1. The number of carbonyl (C=O) groups excluding carboxylic acids is 1. The lowest BCUT2D eigenvalue weighted by molar-refractivity contribution is -0.118. The standard InChI is InChI=1S/C17H27N3O/c1-12(2)14-4-6-16(7-5-14)19-17(21)11-20-9-8-15(18)10-13(20)3/h4-7,12-13,15H,8-11,18H2,1-3H3,(H,19,21). The van der Waals surface area contributed by atoms with Gasteiger partial charge in [-0.25, -0.2) is 0 Å². The minimum Gasteiger partial charge on any atom is -0.328 e. The van der Waals surface area contributed by atoms with Crippen LogP contribution in [0, 0.1) is 0 Å². The highest BCUT2D eigenvalue weighted by Crippen LogP contribution is 2.18. The van der Waals surface area contributed by atoms with E-state index in [1.807, 2.05) is 12.1 Å². The number of piperidine rings is 1. The Hall–Kier alpha value is -1.39. The predicted molar refractivity (Wildman–Crippen MR) is 87.4 cm³/mol. The lowest BCUT2D eigenvalue weighted by Gasteiger charge is -2.35. The summed E-state index contributed by atoms with van der Waals surface area (Å²) in [5.74, 6) is 0.558. The average molecular weight is 289 g/mol. The Morgan fingerprint density at radius 1 is 1.38 bits per heavy atom. The maximum Gasteiger partial charge on any atom is 0.238 e. The number of amides is 1. The van der Waals surface area contributed by atoms with E-state index in [2.05, 4.69) is 43.1 Å². The summed E-state index contributed by atoms with van der Waals surface area (Å²) >= 11 is 0. The molecule has 0 aliphatic carbocycles. The summed E-state index contributed by atoms with van der Waals surface area (Å²) in [4.78, 5) is 14.4. The van der Waals surface area contributed by atoms with Crippen LogP contribution < -0.4 is 11.1 Å². The number of likely N-dealkylation sites (tertiary alicyclic amines) is 1. The summed E-state index contributed by atoms with van der Waals surface area (Å²) in [5, 5.41) is 2.98. The third kappa shape index (κ3) is 4.55. The van der Waals surface area contributed by atoms with Gasteiger partial charge in [-0.15, -0.1) is 0 Å². The van der Waals surface area contributed by atoms with Gasteiger partial charge in [0.15, 0.2) is 0 Å². The minimum atomic E-state index is 0.0506. The van der Waals surface area contributed by atoms with Gasteiger partial charge in [-0.2, -0.15) is 0 Å². The molecule has 1 amide bonds. The van der Waals surface area contributed by atoms with Crippen molar-refractivity contribution in [3.8, 4) is 0 Å².